The van der Waals surface area contributed by atoms with Crippen LogP contribution in [0.1, 0.15) is 158 Å². The normalized spacial score (nSPS) is 13.1. The lowest BCUT2D eigenvalue weighted by Crippen LogP contribution is -2.17. The molecule has 0 aliphatic heterocycles. The Hall–Kier alpha value is -6.26. The zero-order valence-electron chi connectivity index (χ0n) is 45.5. The van der Waals surface area contributed by atoms with Crippen LogP contribution in [0.2, 0.25) is 0 Å². The number of hydrogen-bond donors (Lipinski definition) is 1. The molecule has 2 heterocycles. The van der Waals surface area contributed by atoms with Crippen molar-refractivity contribution >= 4 is 11.0 Å². The van der Waals surface area contributed by atoms with E-state index in [9.17, 15) is 5.11 Å². The summed E-state index contributed by atoms with van der Waals surface area (Å²) in [6.07, 6.45) is 1.93. The second-order valence-corrected chi connectivity index (χ2v) is 26.0. The molecule has 8 rings (SSSR count). The van der Waals surface area contributed by atoms with Crippen molar-refractivity contribution in [3.8, 4) is 67.5 Å². The number of fused-ring (bicyclic) bond motifs is 1. The Morgan fingerprint density at radius 3 is 1.47 bits per heavy atom. The van der Waals surface area contributed by atoms with Gasteiger partial charge in [0.2, 0.25) is 0 Å². The first-order chi connectivity index (χ1) is 32.4. The van der Waals surface area contributed by atoms with Crippen LogP contribution in [0.5, 0.6) is 5.75 Å². The molecule has 0 spiro atoms. The van der Waals surface area contributed by atoms with Gasteiger partial charge in [0.15, 0.2) is 0 Å². The maximum absolute atomic E-state index is 12.7. The summed E-state index contributed by atoms with van der Waals surface area (Å²) in [6, 6.07) is 47.1. The van der Waals surface area contributed by atoms with Crippen LogP contribution in [0, 0.1) is 0 Å². The van der Waals surface area contributed by atoms with Crippen LogP contribution >= 0.6 is 0 Å². The van der Waals surface area contributed by atoms with Crippen molar-refractivity contribution < 1.29 is 5.11 Å². The number of nitrogens with zero attached hydrogens (tertiary/aromatic N) is 3. The molecule has 0 saturated carbocycles. The fourth-order valence-electron chi connectivity index (χ4n) is 9.44. The fraction of sp³-hybridized carbons (Fsp3) is 0.364. The number of imidazole rings is 1. The fourth-order valence-corrected chi connectivity index (χ4v) is 9.44. The minimum Gasteiger partial charge on any atom is -0.507 e. The first kappa shape index (κ1) is 50.1. The van der Waals surface area contributed by atoms with E-state index >= 15 is 0 Å². The van der Waals surface area contributed by atoms with E-state index in [2.05, 4.69) is 257 Å². The van der Waals surface area contributed by atoms with Crippen molar-refractivity contribution in [1.29, 1.82) is 0 Å². The van der Waals surface area contributed by atoms with Gasteiger partial charge in [-0.25, -0.2) is 4.98 Å². The van der Waals surface area contributed by atoms with Gasteiger partial charge in [-0.1, -0.05) is 210 Å². The second kappa shape index (κ2) is 17.5. The molecule has 0 aliphatic carbocycles. The molecule has 0 saturated heterocycles. The molecule has 0 amide bonds. The molecule has 4 nitrogen and oxygen atoms in total. The summed E-state index contributed by atoms with van der Waals surface area (Å²) in [5.74, 6) is 0.965. The summed E-state index contributed by atoms with van der Waals surface area (Å²) in [7, 11) is 0. The predicted octanol–water partition coefficient (Wildman–Crippen LogP) is 18.2. The lowest BCUT2D eigenvalue weighted by molar-refractivity contribution is 0.446. The summed E-state index contributed by atoms with van der Waals surface area (Å²) in [4.78, 5) is 10.8. The number of para-hydroxylation sites is 1. The average molecular weight is 928 g/mol. The Kier molecular flexibility index (Phi) is 12.6. The highest BCUT2D eigenvalue weighted by atomic mass is 16.3. The van der Waals surface area contributed by atoms with Crippen LogP contribution in [-0.4, -0.2) is 19.6 Å². The van der Waals surface area contributed by atoms with Gasteiger partial charge >= 0.3 is 0 Å². The summed E-state index contributed by atoms with van der Waals surface area (Å²) in [5, 5.41) is 12.7. The standard InChI is InChI=1S/C66H77N3O/c1-61(2,3)46-26-22-41(23-27-46)43-32-33-67-55(37-43)45-34-44(35-49(36-45)64(10,11)12)52-20-19-21-56-58(52)68-60(53-38-50(65(13,14)15)39-54(59(53)70)66(16,17)18)69(56)57-40-48(63(7,8)9)30-31-51(57)42-24-28-47(29-25-42)62(4,5)6/h19-40,70H,1-18H3. The summed E-state index contributed by atoms with van der Waals surface area (Å²) in [5.41, 5.74) is 18.5. The maximum Gasteiger partial charge on any atom is 0.149 e. The molecule has 70 heavy (non-hydrogen) atoms. The minimum absolute atomic E-state index is 0.0172. The van der Waals surface area contributed by atoms with Crippen LogP contribution in [0.4, 0.5) is 0 Å². The molecule has 0 radical (unpaired) electrons. The number of hydrogen-bond acceptors (Lipinski definition) is 3. The van der Waals surface area contributed by atoms with Gasteiger partial charge in [0.25, 0.3) is 0 Å². The molecule has 0 bridgehead atoms. The average Bonchev–Trinajstić information content (AvgIpc) is 3.66. The lowest BCUT2D eigenvalue weighted by atomic mass is 9.79. The van der Waals surface area contributed by atoms with E-state index in [1.165, 1.54) is 27.8 Å². The maximum atomic E-state index is 12.7. The van der Waals surface area contributed by atoms with Crippen LogP contribution in [0.3, 0.4) is 0 Å². The Morgan fingerprint density at radius 1 is 0.386 bits per heavy atom. The number of aromatic hydroxyl groups is 1. The second-order valence-electron chi connectivity index (χ2n) is 26.0. The molecule has 6 aromatic carbocycles. The van der Waals surface area contributed by atoms with Crippen molar-refractivity contribution in [2.24, 2.45) is 0 Å². The largest absolute Gasteiger partial charge is 0.507 e. The molecule has 1 N–H and O–H groups in total. The highest BCUT2D eigenvalue weighted by molar-refractivity contribution is 5.98. The quantitative estimate of drug-likeness (QED) is 0.181. The first-order valence-corrected chi connectivity index (χ1v) is 25.3. The molecule has 4 heteroatoms. The third-order valence-corrected chi connectivity index (χ3v) is 14.1. The molecule has 8 aromatic rings. The Morgan fingerprint density at radius 2 is 0.914 bits per heavy atom. The number of aromatic nitrogens is 3. The third kappa shape index (κ3) is 10.0. The Labute approximate surface area is 420 Å². The molecular weight excluding hydrogens is 851 g/mol. The van der Waals surface area contributed by atoms with Gasteiger partial charge in [0.05, 0.1) is 28.0 Å². The van der Waals surface area contributed by atoms with Gasteiger partial charge in [-0.2, -0.15) is 0 Å². The van der Waals surface area contributed by atoms with E-state index in [1.54, 1.807) is 0 Å². The number of rotatable bonds is 6. The number of phenols is 1. The van der Waals surface area contributed by atoms with Crippen molar-refractivity contribution in [2.45, 2.75) is 157 Å². The van der Waals surface area contributed by atoms with Crippen LogP contribution in [-0.2, 0) is 32.5 Å². The van der Waals surface area contributed by atoms with Crippen LogP contribution in [0.15, 0.2) is 134 Å². The Bertz CT molecular complexity index is 3230. The van der Waals surface area contributed by atoms with Crippen molar-refractivity contribution in [3.63, 3.8) is 0 Å². The molecule has 0 fully saturated rings. The summed E-state index contributed by atoms with van der Waals surface area (Å²) >= 11 is 0. The van der Waals surface area contributed by atoms with E-state index < -0.39 is 0 Å². The van der Waals surface area contributed by atoms with Crippen LogP contribution in [0.25, 0.3) is 72.7 Å². The zero-order chi connectivity index (χ0) is 51.1. The van der Waals surface area contributed by atoms with E-state index in [-0.39, 0.29) is 38.2 Å². The molecule has 0 unspecified atom stereocenters. The monoisotopic (exact) mass is 928 g/mol. The SMILES string of the molecule is CC(C)(C)c1ccc(-c2ccnc(-c3cc(-c4cccc5c4nc(-c4cc(C(C)(C)C)cc(C(C)(C)C)c4O)n5-c4cc(C(C)(C)C)ccc4-c4ccc(C(C)(C)C)cc4)cc(C(C)(C)C)c3)c2)cc1. The van der Waals surface area contributed by atoms with E-state index in [0.717, 1.165) is 72.5 Å². The van der Waals surface area contributed by atoms with Crippen molar-refractivity contribution in [1.82, 2.24) is 14.5 Å². The first-order valence-electron chi connectivity index (χ1n) is 25.3. The van der Waals surface area contributed by atoms with Gasteiger partial charge in [0.1, 0.15) is 11.6 Å². The number of phenolic OH excluding ortho intramolecular Hbond substituents is 1. The molecule has 362 valence electrons. The van der Waals surface area contributed by atoms with Gasteiger partial charge in [-0.3, -0.25) is 9.55 Å². The third-order valence-electron chi connectivity index (χ3n) is 14.1. The number of benzene rings is 6. The topological polar surface area (TPSA) is 50.9 Å². The smallest absolute Gasteiger partial charge is 0.149 e. The van der Waals surface area contributed by atoms with Gasteiger partial charge < -0.3 is 5.11 Å². The van der Waals surface area contributed by atoms with E-state index in [4.69, 9.17) is 9.97 Å². The van der Waals surface area contributed by atoms with Crippen molar-refractivity contribution in [2.75, 3.05) is 0 Å². The summed E-state index contributed by atoms with van der Waals surface area (Å²) in [6.45, 7) is 40.5. The van der Waals surface area contributed by atoms with Gasteiger partial charge in [0, 0.05) is 28.5 Å². The van der Waals surface area contributed by atoms with Crippen LogP contribution < -0.4 is 0 Å². The molecule has 2 aromatic heterocycles. The lowest BCUT2D eigenvalue weighted by Gasteiger charge is -2.28. The highest BCUT2D eigenvalue weighted by Crippen LogP contribution is 2.47. The van der Waals surface area contributed by atoms with E-state index in [1.807, 2.05) is 6.20 Å². The molecular formula is C66H77N3O. The highest BCUT2D eigenvalue weighted by Gasteiger charge is 2.30. The van der Waals surface area contributed by atoms with Crippen molar-refractivity contribution in [3.05, 3.63) is 167 Å². The molecule has 0 atom stereocenters. The van der Waals surface area contributed by atoms with Gasteiger partial charge in [-0.05, 0) is 125 Å². The molecule has 0 aliphatic rings. The Balaban J connectivity index is 1.45. The zero-order valence-corrected chi connectivity index (χ0v) is 45.5. The van der Waals surface area contributed by atoms with Gasteiger partial charge in [-0.15, -0.1) is 0 Å². The minimum atomic E-state index is -0.334. The predicted molar refractivity (Wildman–Crippen MR) is 300 cm³/mol. The number of pyridine rings is 1. The van der Waals surface area contributed by atoms with E-state index in [0.29, 0.717) is 5.82 Å². The summed E-state index contributed by atoms with van der Waals surface area (Å²) < 4.78 is 2.33.